The number of hydrogen-bond acceptors (Lipinski definition) is 5. The Hall–Kier alpha value is 0.220. The van der Waals surface area contributed by atoms with E-state index in [0.29, 0.717) is 0 Å². The molecule has 0 fully saturated rings. The summed E-state index contributed by atoms with van der Waals surface area (Å²) in [6.07, 6.45) is -0.769. The molecule has 4 nitrogen and oxygen atoms in total. The third-order valence-electron chi connectivity index (χ3n) is 0.647. The number of aliphatic hydroxyl groups excluding tert-OH is 1. The average molecular weight is 186 g/mol. The van der Waals surface area contributed by atoms with Crippen molar-refractivity contribution in [2.45, 2.75) is 13.0 Å². The molecule has 0 aromatic rings. The minimum absolute atomic E-state index is 0.205. The molecule has 0 radical (unpaired) electrons. The Morgan fingerprint density at radius 1 is 1.70 bits per heavy atom. The summed E-state index contributed by atoms with van der Waals surface area (Å²) in [6, 6.07) is 0. The van der Waals surface area contributed by atoms with Crippen LogP contribution >= 0.6 is 12.6 Å². The van der Waals surface area contributed by atoms with Gasteiger partial charge in [0.2, 0.25) is 0 Å². The first-order valence-electron chi connectivity index (χ1n) is 2.64. The molecule has 0 aromatic heterocycles. The maximum atomic E-state index is 10.5. The monoisotopic (exact) mass is 186 g/mol. The van der Waals surface area contributed by atoms with Crippen molar-refractivity contribution in [2.24, 2.45) is 0 Å². The first-order chi connectivity index (χ1) is 4.48. The quantitative estimate of drug-likeness (QED) is 0.463. The molecule has 1 N–H and O–H groups in total. The minimum atomic E-state index is -3.51. The van der Waals surface area contributed by atoms with Crippen molar-refractivity contribution >= 4 is 22.7 Å². The lowest BCUT2D eigenvalue weighted by Crippen LogP contribution is -2.16. The second-order valence-electron chi connectivity index (χ2n) is 1.82. The van der Waals surface area contributed by atoms with Crippen molar-refractivity contribution in [3.8, 4) is 0 Å². The van der Waals surface area contributed by atoms with E-state index in [4.69, 9.17) is 5.11 Å². The molecule has 62 valence electrons. The standard InChI is InChI=1S/C4H10O4S2/c1-4(5)2-8-10(6,7)3-9/h4-5,9H,2-3H2,1H3. The van der Waals surface area contributed by atoms with E-state index in [2.05, 4.69) is 16.8 Å². The second-order valence-corrected chi connectivity index (χ2v) is 4.20. The van der Waals surface area contributed by atoms with E-state index in [1.807, 2.05) is 0 Å². The van der Waals surface area contributed by atoms with Crippen molar-refractivity contribution in [1.82, 2.24) is 0 Å². The van der Waals surface area contributed by atoms with Gasteiger partial charge in [0.25, 0.3) is 10.1 Å². The van der Waals surface area contributed by atoms with E-state index in [0.717, 1.165) is 0 Å². The van der Waals surface area contributed by atoms with Gasteiger partial charge in [-0.15, -0.1) is 0 Å². The third kappa shape index (κ3) is 5.04. The zero-order valence-corrected chi connectivity index (χ0v) is 7.23. The Labute approximate surface area is 65.7 Å². The molecule has 6 heteroatoms. The van der Waals surface area contributed by atoms with Gasteiger partial charge in [-0.2, -0.15) is 21.0 Å². The number of thiol groups is 1. The highest BCUT2D eigenvalue weighted by Crippen LogP contribution is 1.96. The molecule has 0 aromatic carbocycles. The van der Waals surface area contributed by atoms with Crippen molar-refractivity contribution < 1.29 is 17.7 Å². The van der Waals surface area contributed by atoms with E-state index >= 15 is 0 Å². The Morgan fingerprint density at radius 3 is 2.50 bits per heavy atom. The van der Waals surface area contributed by atoms with E-state index in [1.54, 1.807) is 0 Å². The fourth-order valence-corrected chi connectivity index (χ4v) is 0.942. The predicted molar refractivity (Wildman–Crippen MR) is 40.4 cm³/mol. The van der Waals surface area contributed by atoms with Gasteiger partial charge in [0.05, 0.1) is 12.7 Å². The van der Waals surface area contributed by atoms with Crippen LogP contribution in [0.15, 0.2) is 0 Å². The smallest absolute Gasteiger partial charge is 0.276 e. The molecular formula is C4H10O4S2. The summed E-state index contributed by atoms with van der Waals surface area (Å²) in [5.74, 6) is 0. The van der Waals surface area contributed by atoms with Crippen LogP contribution in [0.4, 0.5) is 0 Å². The molecule has 0 aliphatic rings. The van der Waals surface area contributed by atoms with Crippen LogP contribution in [-0.4, -0.2) is 31.3 Å². The Balaban J connectivity index is 3.70. The first kappa shape index (κ1) is 10.2. The van der Waals surface area contributed by atoms with Gasteiger partial charge in [-0.25, -0.2) is 0 Å². The molecule has 0 aliphatic heterocycles. The van der Waals surface area contributed by atoms with E-state index < -0.39 is 16.2 Å². The summed E-state index contributed by atoms with van der Waals surface area (Å²) >= 11 is 3.51. The fraction of sp³-hybridized carbons (Fsp3) is 1.00. The summed E-state index contributed by atoms with van der Waals surface area (Å²) in [6.45, 7) is 1.23. The van der Waals surface area contributed by atoms with Crippen LogP contribution < -0.4 is 0 Å². The molecule has 10 heavy (non-hydrogen) atoms. The van der Waals surface area contributed by atoms with Crippen molar-refractivity contribution in [3.05, 3.63) is 0 Å². The van der Waals surface area contributed by atoms with Gasteiger partial charge in [0.15, 0.2) is 0 Å². The molecule has 0 amide bonds. The molecule has 0 bridgehead atoms. The largest absolute Gasteiger partial charge is 0.391 e. The minimum Gasteiger partial charge on any atom is -0.391 e. The van der Waals surface area contributed by atoms with Gasteiger partial charge >= 0.3 is 0 Å². The molecule has 0 rings (SSSR count). The van der Waals surface area contributed by atoms with Gasteiger partial charge in [0.1, 0.15) is 5.08 Å². The average Bonchev–Trinajstić information content (AvgIpc) is 1.85. The van der Waals surface area contributed by atoms with Gasteiger partial charge in [-0.05, 0) is 6.92 Å². The molecule has 0 saturated carbocycles. The molecule has 0 aliphatic carbocycles. The van der Waals surface area contributed by atoms with Crippen LogP contribution in [0.2, 0.25) is 0 Å². The van der Waals surface area contributed by atoms with E-state index in [1.165, 1.54) is 6.92 Å². The lowest BCUT2D eigenvalue weighted by Gasteiger charge is -2.03. The Bertz CT molecular complexity index is 172. The summed E-state index contributed by atoms with van der Waals surface area (Å²) in [5, 5.41) is 8.24. The molecule has 0 spiro atoms. The van der Waals surface area contributed by atoms with Crippen molar-refractivity contribution in [2.75, 3.05) is 11.7 Å². The lowest BCUT2D eigenvalue weighted by molar-refractivity contribution is 0.126. The zero-order valence-electron chi connectivity index (χ0n) is 5.52. The topological polar surface area (TPSA) is 63.6 Å². The number of aliphatic hydroxyl groups is 1. The van der Waals surface area contributed by atoms with Gasteiger partial charge in [-0.3, -0.25) is 4.18 Å². The number of rotatable bonds is 4. The first-order valence-corrected chi connectivity index (χ1v) is 4.85. The van der Waals surface area contributed by atoms with Crippen LogP contribution in [0.25, 0.3) is 0 Å². The van der Waals surface area contributed by atoms with Crippen LogP contribution in [0, 0.1) is 0 Å². The van der Waals surface area contributed by atoms with Gasteiger partial charge < -0.3 is 5.11 Å². The van der Waals surface area contributed by atoms with Crippen LogP contribution in [0.3, 0.4) is 0 Å². The zero-order chi connectivity index (χ0) is 8.20. The fourth-order valence-electron chi connectivity index (χ4n) is 0.239. The van der Waals surface area contributed by atoms with Crippen molar-refractivity contribution in [3.63, 3.8) is 0 Å². The van der Waals surface area contributed by atoms with Crippen LogP contribution in [0.1, 0.15) is 6.92 Å². The molecular weight excluding hydrogens is 176 g/mol. The van der Waals surface area contributed by atoms with E-state index in [-0.39, 0.29) is 11.7 Å². The highest BCUT2D eigenvalue weighted by atomic mass is 32.3. The maximum Gasteiger partial charge on any atom is 0.276 e. The van der Waals surface area contributed by atoms with Crippen LogP contribution in [-0.2, 0) is 14.3 Å². The maximum absolute atomic E-state index is 10.5. The molecule has 0 saturated heterocycles. The summed E-state index contributed by atoms with van der Waals surface area (Å²) < 4.78 is 25.3. The normalized spacial score (nSPS) is 15.1. The molecule has 1 atom stereocenters. The highest BCUT2D eigenvalue weighted by molar-refractivity contribution is 8.01. The van der Waals surface area contributed by atoms with Crippen molar-refractivity contribution in [1.29, 1.82) is 0 Å². The van der Waals surface area contributed by atoms with Crippen LogP contribution in [0.5, 0.6) is 0 Å². The second kappa shape index (κ2) is 4.17. The summed E-state index contributed by atoms with van der Waals surface area (Å²) in [5.41, 5.74) is 0. The highest BCUT2D eigenvalue weighted by Gasteiger charge is 2.08. The Kier molecular flexibility index (Phi) is 4.26. The van der Waals surface area contributed by atoms with Gasteiger partial charge in [-0.1, -0.05) is 0 Å². The lowest BCUT2D eigenvalue weighted by atomic mass is 10.5. The van der Waals surface area contributed by atoms with E-state index in [9.17, 15) is 8.42 Å². The molecule has 0 heterocycles. The third-order valence-corrected chi connectivity index (χ3v) is 2.41. The SMILES string of the molecule is CC(O)COS(=O)(=O)CS. The van der Waals surface area contributed by atoms with Gasteiger partial charge in [0, 0.05) is 0 Å². The summed E-state index contributed by atoms with van der Waals surface area (Å²) in [7, 11) is -3.51. The molecule has 1 unspecified atom stereocenters. The Morgan fingerprint density at radius 2 is 2.20 bits per heavy atom. The number of hydrogen-bond donors (Lipinski definition) is 2. The predicted octanol–water partition coefficient (Wildman–Crippen LogP) is -0.399. The summed E-state index contributed by atoms with van der Waals surface area (Å²) in [4.78, 5) is 0.